The highest BCUT2D eigenvalue weighted by atomic mass is 32.2. The molecule has 0 aliphatic carbocycles. The number of hydrogen-bond acceptors (Lipinski definition) is 2. The summed E-state index contributed by atoms with van der Waals surface area (Å²) in [6.07, 6.45) is 4.19. The molecular weight excluding hydrogens is 168 g/mol. The third-order valence-electron chi connectivity index (χ3n) is 1.83. The Morgan fingerprint density at radius 3 is 3.00 bits per heavy atom. The summed E-state index contributed by atoms with van der Waals surface area (Å²) in [6, 6.07) is 8.34. The zero-order valence-corrected chi connectivity index (χ0v) is 7.67. The van der Waals surface area contributed by atoms with Crippen molar-refractivity contribution in [3.8, 4) is 0 Å². The van der Waals surface area contributed by atoms with Crippen molar-refractivity contribution in [2.24, 2.45) is 0 Å². The average Bonchev–Trinajstić information content (AvgIpc) is 2.17. The zero-order valence-electron chi connectivity index (χ0n) is 6.86. The first kappa shape index (κ1) is 7.90. The number of ether oxygens (including phenoxy) is 1. The van der Waals surface area contributed by atoms with Gasteiger partial charge in [0.1, 0.15) is 5.44 Å². The van der Waals surface area contributed by atoms with Crippen LogP contribution in [0.4, 0.5) is 0 Å². The van der Waals surface area contributed by atoms with Crippen molar-refractivity contribution in [3.63, 3.8) is 0 Å². The Bertz CT molecular complexity index is 306. The quantitative estimate of drug-likeness (QED) is 0.654. The van der Waals surface area contributed by atoms with Gasteiger partial charge in [-0.2, -0.15) is 0 Å². The molecule has 1 aliphatic heterocycles. The van der Waals surface area contributed by atoms with E-state index in [9.17, 15) is 0 Å². The van der Waals surface area contributed by atoms with Crippen LogP contribution in [-0.2, 0) is 4.74 Å². The Labute approximate surface area is 76.4 Å². The van der Waals surface area contributed by atoms with E-state index in [0.717, 1.165) is 0 Å². The maximum Gasteiger partial charge on any atom is 0.125 e. The smallest absolute Gasteiger partial charge is 0.125 e. The monoisotopic (exact) mass is 178 g/mol. The van der Waals surface area contributed by atoms with Gasteiger partial charge >= 0.3 is 0 Å². The lowest BCUT2D eigenvalue weighted by Crippen LogP contribution is -2.04. The Kier molecular flexibility index (Phi) is 2.19. The van der Waals surface area contributed by atoms with E-state index in [0.29, 0.717) is 0 Å². The fourth-order valence-corrected chi connectivity index (χ4v) is 2.13. The second-order valence-electron chi connectivity index (χ2n) is 2.62. The van der Waals surface area contributed by atoms with Crippen molar-refractivity contribution in [2.45, 2.75) is 10.3 Å². The minimum atomic E-state index is 0.180. The second-order valence-corrected chi connectivity index (χ2v) is 3.76. The Morgan fingerprint density at radius 1 is 1.33 bits per heavy atom. The van der Waals surface area contributed by atoms with Gasteiger partial charge in [-0.3, -0.25) is 0 Å². The van der Waals surface area contributed by atoms with Crippen molar-refractivity contribution in [1.29, 1.82) is 0 Å². The number of fused-ring (bicyclic) bond motifs is 1. The van der Waals surface area contributed by atoms with Gasteiger partial charge in [0.05, 0.1) is 0 Å². The number of thioether (sulfide) groups is 1. The van der Waals surface area contributed by atoms with Gasteiger partial charge in [0.25, 0.3) is 0 Å². The zero-order chi connectivity index (χ0) is 8.39. The lowest BCUT2D eigenvalue weighted by Gasteiger charge is -2.16. The molecular formula is C10H10OS. The first-order valence-corrected chi connectivity index (χ1v) is 4.75. The normalized spacial score (nSPS) is 20.6. The maximum atomic E-state index is 5.22. The Balaban J connectivity index is 2.33. The molecule has 2 heteroatoms. The van der Waals surface area contributed by atoms with Crippen LogP contribution in [-0.4, -0.2) is 12.5 Å². The summed E-state index contributed by atoms with van der Waals surface area (Å²) < 4.78 is 5.22. The van der Waals surface area contributed by atoms with E-state index in [1.807, 2.05) is 0 Å². The molecule has 1 aromatic carbocycles. The lowest BCUT2D eigenvalue weighted by atomic mass is 10.2. The van der Waals surface area contributed by atoms with Crippen LogP contribution < -0.4 is 0 Å². The number of benzene rings is 1. The Hall–Kier alpha value is -0.730. The summed E-state index contributed by atoms with van der Waals surface area (Å²) in [4.78, 5) is 1.30. The van der Waals surface area contributed by atoms with E-state index in [2.05, 4.69) is 36.4 Å². The predicted molar refractivity (Wildman–Crippen MR) is 52.1 cm³/mol. The molecule has 12 heavy (non-hydrogen) atoms. The molecule has 1 heterocycles. The fraction of sp³-hybridized carbons (Fsp3) is 0.200. The predicted octanol–water partition coefficient (Wildman–Crippen LogP) is 2.78. The minimum absolute atomic E-state index is 0.180. The van der Waals surface area contributed by atoms with Crippen LogP contribution in [0.2, 0.25) is 0 Å². The number of hydrogen-bond donors (Lipinski definition) is 0. The standard InChI is InChI=1S/C10H10OS/c1-11-10-7-6-8-4-2-3-5-9(8)12-10/h2-7,10H,1H3/t10-/m0/s1. The highest BCUT2D eigenvalue weighted by Crippen LogP contribution is 2.32. The van der Waals surface area contributed by atoms with Crippen molar-refractivity contribution >= 4 is 17.8 Å². The summed E-state index contributed by atoms with van der Waals surface area (Å²) in [7, 11) is 1.73. The van der Waals surface area contributed by atoms with Crippen LogP contribution in [0.3, 0.4) is 0 Å². The molecule has 0 saturated carbocycles. The molecule has 1 aromatic rings. The molecule has 0 fully saturated rings. The van der Waals surface area contributed by atoms with Crippen molar-refractivity contribution in [2.75, 3.05) is 7.11 Å². The van der Waals surface area contributed by atoms with Crippen molar-refractivity contribution in [3.05, 3.63) is 35.9 Å². The third kappa shape index (κ3) is 1.40. The molecule has 0 N–H and O–H groups in total. The summed E-state index contributed by atoms with van der Waals surface area (Å²) in [5.74, 6) is 0. The fourth-order valence-electron chi connectivity index (χ4n) is 1.20. The molecule has 0 spiro atoms. The van der Waals surface area contributed by atoms with Crippen LogP contribution in [0.5, 0.6) is 0 Å². The van der Waals surface area contributed by atoms with Gasteiger partial charge in [-0.1, -0.05) is 36.0 Å². The van der Waals surface area contributed by atoms with Gasteiger partial charge in [0, 0.05) is 12.0 Å². The van der Waals surface area contributed by atoms with Gasteiger partial charge in [-0.25, -0.2) is 0 Å². The van der Waals surface area contributed by atoms with Crippen molar-refractivity contribution < 1.29 is 4.74 Å². The van der Waals surface area contributed by atoms with E-state index in [1.165, 1.54) is 10.5 Å². The van der Waals surface area contributed by atoms with Gasteiger partial charge in [-0.15, -0.1) is 0 Å². The van der Waals surface area contributed by atoms with Crippen LogP contribution in [0, 0.1) is 0 Å². The van der Waals surface area contributed by atoms with E-state index in [4.69, 9.17) is 4.74 Å². The molecule has 1 atom stereocenters. The second kappa shape index (κ2) is 3.33. The molecule has 62 valence electrons. The van der Waals surface area contributed by atoms with Crippen LogP contribution >= 0.6 is 11.8 Å². The maximum absolute atomic E-state index is 5.22. The molecule has 1 nitrogen and oxygen atoms in total. The first-order valence-electron chi connectivity index (χ1n) is 3.87. The van der Waals surface area contributed by atoms with E-state index < -0.39 is 0 Å². The molecule has 0 saturated heterocycles. The van der Waals surface area contributed by atoms with Crippen LogP contribution in [0.15, 0.2) is 35.2 Å². The number of methoxy groups -OCH3 is 1. The van der Waals surface area contributed by atoms with Crippen LogP contribution in [0.25, 0.3) is 6.08 Å². The highest BCUT2D eigenvalue weighted by Gasteiger charge is 2.11. The molecule has 0 unspecified atom stereocenters. The molecule has 0 radical (unpaired) electrons. The molecule has 1 aliphatic rings. The highest BCUT2D eigenvalue weighted by molar-refractivity contribution is 8.00. The van der Waals surface area contributed by atoms with E-state index in [1.54, 1.807) is 18.9 Å². The van der Waals surface area contributed by atoms with E-state index in [-0.39, 0.29) is 5.44 Å². The summed E-state index contributed by atoms with van der Waals surface area (Å²) in [6.45, 7) is 0. The molecule has 0 aromatic heterocycles. The largest absolute Gasteiger partial charge is 0.366 e. The van der Waals surface area contributed by atoms with E-state index >= 15 is 0 Å². The SMILES string of the molecule is CO[C@@H]1C=Cc2ccccc2S1. The molecule has 2 rings (SSSR count). The topological polar surface area (TPSA) is 9.23 Å². The number of rotatable bonds is 1. The molecule has 0 bridgehead atoms. The summed E-state index contributed by atoms with van der Waals surface area (Å²) >= 11 is 1.75. The average molecular weight is 178 g/mol. The summed E-state index contributed by atoms with van der Waals surface area (Å²) in [5, 5.41) is 0. The van der Waals surface area contributed by atoms with Gasteiger partial charge in [-0.05, 0) is 17.7 Å². The van der Waals surface area contributed by atoms with Gasteiger partial charge in [0.15, 0.2) is 0 Å². The molecule has 0 amide bonds. The van der Waals surface area contributed by atoms with Gasteiger partial charge < -0.3 is 4.74 Å². The third-order valence-corrected chi connectivity index (χ3v) is 3.03. The van der Waals surface area contributed by atoms with Crippen molar-refractivity contribution in [1.82, 2.24) is 0 Å². The first-order chi connectivity index (χ1) is 5.90. The van der Waals surface area contributed by atoms with Crippen LogP contribution in [0.1, 0.15) is 5.56 Å². The minimum Gasteiger partial charge on any atom is -0.366 e. The van der Waals surface area contributed by atoms with Gasteiger partial charge in [0.2, 0.25) is 0 Å². The summed E-state index contributed by atoms with van der Waals surface area (Å²) in [5.41, 5.74) is 1.47. The Morgan fingerprint density at radius 2 is 2.17 bits per heavy atom. The lowest BCUT2D eigenvalue weighted by molar-refractivity contribution is 0.208.